The number of rotatable bonds is 2. The van der Waals surface area contributed by atoms with Crippen LogP contribution in [0.4, 0.5) is 16.2 Å². The van der Waals surface area contributed by atoms with Crippen LogP contribution in [-0.4, -0.2) is 49.7 Å². The third kappa shape index (κ3) is 3.46. The van der Waals surface area contributed by atoms with Gasteiger partial charge in [-0.15, -0.1) is 0 Å². The summed E-state index contributed by atoms with van der Waals surface area (Å²) in [7, 11) is 3.54. The second-order valence-electron chi connectivity index (χ2n) is 7.32. The number of fused-ring (bicyclic) bond motifs is 1. The van der Waals surface area contributed by atoms with Gasteiger partial charge in [0.25, 0.3) is 5.91 Å². The highest BCUT2D eigenvalue weighted by molar-refractivity contribution is 6.31. The molecule has 2 aliphatic rings. The molecule has 1 saturated heterocycles. The summed E-state index contributed by atoms with van der Waals surface area (Å²) in [6, 6.07) is 12.5. The van der Waals surface area contributed by atoms with Gasteiger partial charge in [0.15, 0.2) is 0 Å². The van der Waals surface area contributed by atoms with E-state index >= 15 is 0 Å². The quantitative estimate of drug-likeness (QED) is 0.788. The lowest BCUT2D eigenvalue weighted by Crippen LogP contribution is -2.67. The summed E-state index contributed by atoms with van der Waals surface area (Å²) >= 11 is 6.05. The first kappa shape index (κ1) is 19.4. The van der Waals surface area contributed by atoms with Gasteiger partial charge in [0, 0.05) is 38.0 Å². The average Bonchev–Trinajstić information content (AvgIpc) is 2.73. The Morgan fingerprint density at radius 1 is 1.21 bits per heavy atom. The van der Waals surface area contributed by atoms with Crippen LogP contribution in [0.2, 0.25) is 5.02 Å². The largest absolute Gasteiger partial charge is 0.495 e. The number of urea groups is 1. The Kier molecular flexibility index (Phi) is 5.00. The van der Waals surface area contributed by atoms with Gasteiger partial charge in [0.2, 0.25) is 0 Å². The summed E-state index contributed by atoms with van der Waals surface area (Å²) in [6.07, 6.45) is 1.24. The van der Waals surface area contributed by atoms with Gasteiger partial charge in [-0.2, -0.15) is 0 Å². The second-order valence-corrected chi connectivity index (χ2v) is 7.76. The number of hydrogen-bond acceptors (Lipinski definition) is 4. The molecule has 8 heteroatoms. The predicted molar refractivity (Wildman–Crippen MR) is 113 cm³/mol. The summed E-state index contributed by atoms with van der Waals surface area (Å²) in [4.78, 5) is 29.3. The van der Waals surface area contributed by atoms with Gasteiger partial charge in [-0.05, 0) is 30.3 Å². The molecule has 3 amide bonds. The Balaban J connectivity index is 1.47. The Labute approximate surface area is 174 Å². The highest BCUT2D eigenvalue weighted by Crippen LogP contribution is 2.37. The van der Waals surface area contributed by atoms with Crippen molar-refractivity contribution in [3.63, 3.8) is 0 Å². The molecule has 0 aromatic heterocycles. The molecule has 0 atom stereocenters. The van der Waals surface area contributed by atoms with Gasteiger partial charge in [0.1, 0.15) is 11.4 Å². The molecule has 2 aromatic carbocycles. The number of hydrogen-bond donors (Lipinski definition) is 2. The first-order chi connectivity index (χ1) is 13.9. The Morgan fingerprint density at radius 2 is 1.93 bits per heavy atom. The van der Waals surface area contributed by atoms with Crippen molar-refractivity contribution < 1.29 is 14.3 Å². The number of piperidine rings is 1. The zero-order chi connectivity index (χ0) is 20.6. The van der Waals surface area contributed by atoms with Crippen molar-refractivity contribution in [3.05, 3.63) is 53.1 Å². The summed E-state index contributed by atoms with van der Waals surface area (Å²) in [5.41, 5.74) is 1.54. The molecule has 0 bridgehead atoms. The first-order valence-electron chi connectivity index (χ1n) is 9.48. The Morgan fingerprint density at radius 3 is 2.66 bits per heavy atom. The fourth-order valence-electron chi connectivity index (χ4n) is 4.06. The summed E-state index contributed by atoms with van der Waals surface area (Å²) in [5.74, 6) is 0.483. The van der Waals surface area contributed by atoms with Gasteiger partial charge < -0.3 is 25.2 Å². The second kappa shape index (κ2) is 7.48. The number of nitrogens with one attached hydrogen (secondary N) is 2. The highest BCUT2D eigenvalue weighted by Gasteiger charge is 2.44. The minimum Gasteiger partial charge on any atom is -0.495 e. The van der Waals surface area contributed by atoms with E-state index in [2.05, 4.69) is 15.5 Å². The Bertz CT molecular complexity index is 957. The van der Waals surface area contributed by atoms with Crippen LogP contribution in [0.25, 0.3) is 0 Å². The lowest BCUT2D eigenvalue weighted by atomic mass is 9.90. The van der Waals surface area contributed by atoms with Crippen LogP contribution < -0.4 is 20.3 Å². The number of nitrogens with zero attached hydrogens (tertiary/aromatic N) is 2. The standard InChI is InChI=1S/C21H23ClN4O3/c1-25-17-8-7-14(22)13-15(17)19(27)24-21(25)9-11-26(12-10-21)20(28)23-16-5-3-4-6-18(16)29-2/h3-8,13H,9-12H2,1-2H3,(H,23,28)(H,24,27). The van der Waals surface area contributed by atoms with Crippen LogP contribution in [0.5, 0.6) is 5.75 Å². The van der Waals surface area contributed by atoms with Crippen LogP contribution >= 0.6 is 11.6 Å². The molecule has 2 aromatic rings. The van der Waals surface area contributed by atoms with Crippen molar-refractivity contribution in [3.8, 4) is 5.75 Å². The summed E-state index contributed by atoms with van der Waals surface area (Å²) < 4.78 is 5.29. The molecule has 2 N–H and O–H groups in total. The third-order valence-electron chi connectivity index (χ3n) is 5.78. The van der Waals surface area contributed by atoms with Crippen molar-refractivity contribution in [2.45, 2.75) is 18.5 Å². The van der Waals surface area contributed by atoms with Crippen LogP contribution in [0, 0.1) is 0 Å². The van der Waals surface area contributed by atoms with Gasteiger partial charge >= 0.3 is 6.03 Å². The fraction of sp³-hybridized carbons (Fsp3) is 0.333. The minimum atomic E-state index is -0.515. The normalized spacial score (nSPS) is 17.6. The molecule has 1 fully saturated rings. The lowest BCUT2D eigenvalue weighted by Gasteiger charge is -2.51. The lowest BCUT2D eigenvalue weighted by molar-refractivity contribution is 0.0815. The maximum atomic E-state index is 12.7. The molecule has 29 heavy (non-hydrogen) atoms. The monoisotopic (exact) mass is 414 g/mol. The SMILES string of the molecule is COc1ccccc1NC(=O)N1CCC2(CC1)NC(=O)c1cc(Cl)ccc1N2C. The molecular formula is C21H23ClN4O3. The Hall–Kier alpha value is -2.93. The summed E-state index contributed by atoms with van der Waals surface area (Å²) in [5, 5.41) is 6.59. The van der Waals surface area contributed by atoms with Crippen molar-refractivity contribution in [2.75, 3.05) is 37.5 Å². The van der Waals surface area contributed by atoms with Crippen molar-refractivity contribution in [1.29, 1.82) is 0 Å². The highest BCUT2D eigenvalue weighted by atomic mass is 35.5. The topological polar surface area (TPSA) is 73.9 Å². The number of benzene rings is 2. The van der Waals surface area contributed by atoms with E-state index in [0.717, 1.165) is 5.69 Å². The maximum Gasteiger partial charge on any atom is 0.321 e. The van der Waals surface area contributed by atoms with Gasteiger partial charge in [0.05, 0.1) is 24.0 Å². The average molecular weight is 415 g/mol. The van der Waals surface area contributed by atoms with E-state index in [0.29, 0.717) is 48.0 Å². The number of likely N-dealkylation sites (tertiary alicyclic amines) is 1. The van der Waals surface area contributed by atoms with Crippen LogP contribution in [-0.2, 0) is 0 Å². The number of carbonyl (C=O) groups excluding carboxylic acids is 2. The van der Waals surface area contributed by atoms with Crippen LogP contribution in [0.1, 0.15) is 23.2 Å². The molecule has 152 valence electrons. The van der Waals surface area contributed by atoms with Crippen molar-refractivity contribution in [2.24, 2.45) is 0 Å². The van der Waals surface area contributed by atoms with E-state index in [1.54, 1.807) is 36.3 Å². The van der Waals surface area contributed by atoms with Crippen LogP contribution in [0.15, 0.2) is 42.5 Å². The number of halogens is 1. The molecule has 0 radical (unpaired) electrons. The smallest absolute Gasteiger partial charge is 0.321 e. The molecule has 0 saturated carbocycles. The molecule has 0 unspecified atom stereocenters. The molecule has 4 rings (SSSR count). The predicted octanol–water partition coefficient (Wildman–Crippen LogP) is 3.55. The van der Waals surface area contributed by atoms with Gasteiger partial charge in [-0.25, -0.2) is 4.79 Å². The summed E-state index contributed by atoms with van der Waals surface area (Å²) in [6.45, 7) is 1.04. The number of ether oxygens (including phenoxy) is 1. The number of methoxy groups -OCH3 is 1. The van der Waals surface area contributed by atoms with Crippen LogP contribution in [0.3, 0.4) is 0 Å². The zero-order valence-electron chi connectivity index (χ0n) is 16.4. The van der Waals surface area contributed by atoms with E-state index in [1.165, 1.54) is 0 Å². The number of carbonyl (C=O) groups is 2. The van der Waals surface area contributed by atoms with Crippen molar-refractivity contribution in [1.82, 2.24) is 10.2 Å². The molecule has 2 heterocycles. The van der Waals surface area contributed by atoms with E-state index in [-0.39, 0.29) is 11.9 Å². The number of anilines is 2. The molecule has 1 spiro atoms. The fourth-order valence-corrected chi connectivity index (χ4v) is 4.23. The maximum absolute atomic E-state index is 12.7. The zero-order valence-corrected chi connectivity index (χ0v) is 17.1. The van der Waals surface area contributed by atoms with Crippen molar-refractivity contribution >= 4 is 34.9 Å². The molecule has 0 aliphatic carbocycles. The molecule has 2 aliphatic heterocycles. The number of para-hydroxylation sites is 2. The molecule has 7 nitrogen and oxygen atoms in total. The van der Waals surface area contributed by atoms with E-state index in [4.69, 9.17) is 16.3 Å². The van der Waals surface area contributed by atoms with E-state index in [1.807, 2.05) is 25.2 Å². The first-order valence-corrected chi connectivity index (χ1v) is 9.86. The van der Waals surface area contributed by atoms with E-state index in [9.17, 15) is 9.59 Å². The van der Waals surface area contributed by atoms with E-state index < -0.39 is 5.66 Å². The number of amides is 3. The van der Waals surface area contributed by atoms with Gasteiger partial charge in [-0.1, -0.05) is 23.7 Å². The van der Waals surface area contributed by atoms with Gasteiger partial charge in [-0.3, -0.25) is 4.79 Å². The molecular weight excluding hydrogens is 392 g/mol. The minimum absolute atomic E-state index is 0.132. The third-order valence-corrected chi connectivity index (χ3v) is 6.01.